The van der Waals surface area contributed by atoms with Crippen LogP contribution in [0.25, 0.3) is 0 Å². The summed E-state index contributed by atoms with van der Waals surface area (Å²) in [5, 5.41) is 18.9. The maximum atomic E-state index is 12.2. The fourth-order valence-electron chi connectivity index (χ4n) is 3.82. The van der Waals surface area contributed by atoms with Crippen molar-refractivity contribution in [1.29, 1.82) is 0 Å². The van der Waals surface area contributed by atoms with Gasteiger partial charge in [0.25, 0.3) is 0 Å². The van der Waals surface area contributed by atoms with Crippen molar-refractivity contribution in [2.24, 2.45) is 0 Å². The van der Waals surface area contributed by atoms with Crippen molar-refractivity contribution in [2.75, 3.05) is 26.4 Å². The van der Waals surface area contributed by atoms with Gasteiger partial charge < -0.3 is 24.6 Å². The van der Waals surface area contributed by atoms with Crippen LogP contribution in [-0.2, 0) is 32.7 Å². The largest absolute Gasteiger partial charge is 0.472 e. The molecule has 0 fully saturated rings. The van der Waals surface area contributed by atoms with Crippen molar-refractivity contribution in [3.8, 4) is 0 Å². The van der Waals surface area contributed by atoms with Crippen LogP contribution in [0.15, 0.2) is 12.2 Å². The van der Waals surface area contributed by atoms with Crippen molar-refractivity contribution >= 4 is 19.8 Å². The quantitative estimate of drug-likeness (QED) is 0.0416. The Kier molecular flexibility index (Phi) is 25.7. The number of aliphatic hydroxyl groups excluding tert-OH is 2. The highest BCUT2D eigenvalue weighted by Crippen LogP contribution is 2.43. The van der Waals surface area contributed by atoms with Crippen molar-refractivity contribution in [3.05, 3.63) is 12.2 Å². The Balaban J connectivity index is 4.11. The lowest BCUT2D eigenvalue weighted by Gasteiger charge is -2.20. The van der Waals surface area contributed by atoms with Crippen molar-refractivity contribution < 1.29 is 47.8 Å². The Morgan fingerprint density at radius 2 is 1.07 bits per heavy atom. The van der Waals surface area contributed by atoms with Gasteiger partial charge in [-0.15, -0.1) is 0 Å². The zero-order valence-corrected chi connectivity index (χ0v) is 25.7. The lowest BCUT2D eigenvalue weighted by Crippen LogP contribution is -2.28. The van der Waals surface area contributed by atoms with E-state index in [0.29, 0.717) is 12.8 Å². The molecule has 0 aliphatic heterocycles. The highest BCUT2D eigenvalue weighted by atomic mass is 31.2. The topological polar surface area (TPSA) is 149 Å². The highest BCUT2D eigenvalue weighted by molar-refractivity contribution is 7.47. The van der Waals surface area contributed by atoms with Gasteiger partial charge in [-0.1, -0.05) is 90.2 Å². The Morgan fingerprint density at radius 3 is 1.52 bits per heavy atom. The van der Waals surface area contributed by atoms with Crippen LogP contribution >= 0.6 is 7.82 Å². The predicted molar refractivity (Wildman–Crippen MR) is 155 cm³/mol. The molecule has 0 amide bonds. The van der Waals surface area contributed by atoms with E-state index in [1.54, 1.807) is 0 Å². The normalized spacial score (nSPS) is 14.6. The van der Waals surface area contributed by atoms with Gasteiger partial charge in [-0.3, -0.25) is 18.6 Å². The van der Waals surface area contributed by atoms with E-state index in [-0.39, 0.29) is 12.8 Å². The number of aliphatic hydroxyl groups is 2. The van der Waals surface area contributed by atoms with E-state index in [0.717, 1.165) is 64.2 Å². The number of hydrogen-bond acceptors (Lipinski definition) is 9. The first-order chi connectivity index (χ1) is 19.3. The lowest BCUT2D eigenvalue weighted by molar-refractivity contribution is -0.153. The van der Waals surface area contributed by atoms with E-state index in [9.17, 15) is 29.3 Å². The van der Waals surface area contributed by atoms with Gasteiger partial charge in [-0.2, -0.15) is 0 Å². The maximum absolute atomic E-state index is 12.2. The minimum atomic E-state index is -4.61. The van der Waals surface area contributed by atoms with Crippen LogP contribution in [0.5, 0.6) is 0 Å². The molecule has 0 heterocycles. The van der Waals surface area contributed by atoms with Crippen molar-refractivity contribution in [3.63, 3.8) is 0 Å². The van der Waals surface area contributed by atoms with E-state index < -0.39 is 58.4 Å². The van der Waals surface area contributed by atoms with Crippen LogP contribution < -0.4 is 0 Å². The standard InChI is InChI=1S/C29H55O10P/c1-3-5-7-9-11-12-13-15-17-19-21-29(33)39-27(23-31)25-37-40(34,35)36-24-26(22-30)38-28(32)20-18-16-14-10-8-6-4-2/h7,9,26-27,30-31H,3-6,8,10-25H2,1-2H3,(H,34,35)/b9-7-. The molecule has 0 bridgehead atoms. The average molecular weight is 595 g/mol. The third-order valence-corrected chi connectivity index (χ3v) is 7.16. The number of ether oxygens (including phenoxy) is 2. The summed E-state index contributed by atoms with van der Waals surface area (Å²) in [5.41, 5.74) is 0. The van der Waals surface area contributed by atoms with Crippen LogP contribution in [0, 0.1) is 0 Å². The molecule has 0 radical (unpaired) electrons. The molecule has 3 unspecified atom stereocenters. The van der Waals surface area contributed by atoms with Gasteiger partial charge >= 0.3 is 19.8 Å². The zero-order chi connectivity index (χ0) is 29.9. The number of esters is 2. The summed E-state index contributed by atoms with van der Waals surface area (Å²) in [7, 11) is -4.61. The first kappa shape index (κ1) is 38.7. The van der Waals surface area contributed by atoms with Gasteiger partial charge in [0.2, 0.25) is 0 Å². The molecular weight excluding hydrogens is 539 g/mol. The van der Waals surface area contributed by atoms with E-state index in [1.807, 2.05) is 0 Å². The molecule has 236 valence electrons. The van der Waals surface area contributed by atoms with Crippen LogP contribution in [-0.4, -0.2) is 65.7 Å². The number of rotatable bonds is 28. The van der Waals surface area contributed by atoms with E-state index in [2.05, 4.69) is 26.0 Å². The van der Waals surface area contributed by atoms with Crippen LogP contribution in [0.1, 0.15) is 123 Å². The Morgan fingerprint density at radius 1 is 0.650 bits per heavy atom. The lowest BCUT2D eigenvalue weighted by atomic mass is 10.1. The maximum Gasteiger partial charge on any atom is 0.472 e. The third kappa shape index (κ3) is 24.5. The number of carbonyl (C=O) groups excluding carboxylic acids is 2. The predicted octanol–water partition coefficient (Wildman–Crippen LogP) is 6.16. The van der Waals surface area contributed by atoms with Gasteiger partial charge in [0.15, 0.2) is 0 Å². The number of phosphoric acid groups is 1. The monoisotopic (exact) mass is 594 g/mol. The van der Waals surface area contributed by atoms with E-state index in [4.69, 9.17) is 18.5 Å². The second-order valence-corrected chi connectivity index (χ2v) is 11.5. The fraction of sp³-hybridized carbons (Fsp3) is 0.862. The van der Waals surface area contributed by atoms with Gasteiger partial charge in [0.05, 0.1) is 26.4 Å². The molecule has 3 N–H and O–H groups in total. The van der Waals surface area contributed by atoms with Crippen molar-refractivity contribution in [2.45, 2.75) is 135 Å². The number of unbranched alkanes of at least 4 members (excludes halogenated alkanes) is 12. The molecule has 0 aliphatic carbocycles. The molecular formula is C29H55O10P. The molecule has 0 aromatic heterocycles. The second kappa shape index (κ2) is 26.6. The van der Waals surface area contributed by atoms with Crippen LogP contribution in [0.2, 0.25) is 0 Å². The molecule has 0 spiro atoms. The molecule has 0 aromatic carbocycles. The van der Waals surface area contributed by atoms with Crippen LogP contribution in [0.3, 0.4) is 0 Å². The zero-order valence-electron chi connectivity index (χ0n) is 24.8. The second-order valence-electron chi connectivity index (χ2n) is 10.1. The Labute approximate surface area is 241 Å². The van der Waals surface area contributed by atoms with E-state index >= 15 is 0 Å². The Hall–Kier alpha value is -1.29. The summed E-state index contributed by atoms with van der Waals surface area (Å²) in [6.07, 6.45) is 18.0. The Bertz CT molecular complexity index is 700. The van der Waals surface area contributed by atoms with Gasteiger partial charge in [0.1, 0.15) is 12.2 Å². The first-order valence-electron chi connectivity index (χ1n) is 15.1. The minimum absolute atomic E-state index is 0.183. The third-order valence-electron chi connectivity index (χ3n) is 6.21. The highest BCUT2D eigenvalue weighted by Gasteiger charge is 2.27. The smallest absolute Gasteiger partial charge is 0.457 e. The molecule has 10 nitrogen and oxygen atoms in total. The summed E-state index contributed by atoms with van der Waals surface area (Å²) >= 11 is 0. The number of carbonyl (C=O) groups is 2. The average Bonchev–Trinajstić information content (AvgIpc) is 2.93. The molecule has 40 heavy (non-hydrogen) atoms. The molecule has 0 rings (SSSR count). The van der Waals surface area contributed by atoms with Gasteiger partial charge in [-0.05, 0) is 32.1 Å². The number of allylic oxidation sites excluding steroid dienone is 2. The molecule has 0 saturated carbocycles. The summed E-state index contributed by atoms with van der Waals surface area (Å²) in [6.45, 7) is 2.03. The van der Waals surface area contributed by atoms with Crippen LogP contribution in [0.4, 0.5) is 0 Å². The summed E-state index contributed by atoms with van der Waals surface area (Å²) in [6, 6.07) is 0. The van der Waals surface area contributed by atoms with Gasteiger partial charge in [-0.25, -0.2) is 4.57 Å². The SMILES string of the molecule is CCC/C=C\CCCCCCCC(=O)OC(CO)COP(=O)(O)OCC(CO)OC(=O)CCCCCCCCC. The molecule has 3 atom stereocenters. The van der Waals surface area contributed by atoms with E-state index in [1.165, 1.54) is 19.3 Å². The molecule has 0 aliphatic rings. The number of phosphoric ester groups is 1. The van der Waals surface area contributed by atoms with Gasteiger partial charge in [0, 0.05) is 12.8 Å². The van der Waals surface area contributed by atoms with Crippen molar-refractivity contribution in [1.82, 2.24) is 0 Å². The number of hydrogen-bond donors (Lipinski definition) is 3. The summed E-state index contributed by atoms with van der Waals surface area (Å²) in [5.74, 6) is -1.04. The molecule has 0 saturated heterocycles. The first-order valence-corrected chi connectivity index (χ1v) is 16.6. The summed E-state index contributed by atoms with van der Waals surface area (Å²) in [4.78, 5) is 33.9. The molecule has 0 aromatic rings. The summed E-state index contributed by atoms with van der Waals surface area (Å²) < 4.78 is 32.1. The molecule has 11 heteroatoms. The minimum Gasteiger partial charge on any atom is -0.457 e. The fourth-order valence-corrected chi connectivity index (χ4v) is 4.60.